The summed E-state index contributed by atoms with van der Waals surface area (Å²) >= 11 is 0. The number of hydrogen-bond donors (Lipinski definition) is 2. The minimum atomic E-state index is 0.197. The Balaban J connectivity index is 1.77. The number of fused-ring (bicyclic) bond motifs is 1. The first-order valence-electron chi connectivity index (χ1n) is 7.84. The highest BCUT2D eigenvalue weighted by atomic mass is 16.1. The summed E-state index contributed by atoms with van der Waals surface area (Å²) in [5.74, 6) is 0.197. The Morgan fingerprint density at radius 2 is 2.20 bits per heavy atom. The number of ketones is 1. The molecule has 1 unspecified atom stereocenters. The quantitative estimate of drug-likeness (QED) is 0.564. The predicted molar refractivity (Wildman–Crippen MR) is 84.6 cm³/mol. The van der Waals surface area contributed by atoms with E-state index in [1.54, 1.807) is 0 Å². The van der Waals surface area contributed by atoms with Crippen molar-refractivity contribution < 1.29 is 4.79 Å². The highest BCUT2D eigenvalue weighted by Crippen LogP contribution is 2.26. The van der Waals surface area contributed by atoms with Crippen molar-refractivity contribution in [3.8, 4) is 0 Å². The van der Waals surface area contributed by atoms with Gasteiger partial charge in [-0.05, 0) is 50.1 Å². The number of carbonyl (C=O) groups is 1. The summed E-state index contributed by atoms with van der Waals surface area (Å²) in [6.45, 7) is 5.77. The highest BCUT2D eigenvalue weighted by molar-refractivity contribution is 5.98. The Bertz CT molecular complexity index is 456. The van der Waals surface area contributed by atoms with Gasteiger partial charge in [0.05, 0.1) is 6.54 Å². The highest BCUT2D eigenvalue weighted by Gasteiger charge is 2.18. The third-order valence-electron chi connectivity index (χ3n) is 3.85. The molecule has 1 aromatic carbocycles. The molecule has 0 bridgehead atoms. The van der Waals surface area contributed by atoms with Crippen LogP contribution in [0, 0.1) is 0 Å². The first-order chi connectivity index (χ1) is 9.70. The van der Waals surface area contributed by atoms with Gasteiger partial charge in [0.1, 0.15) is 0 Å². The zero-order valence-electron chi connectivity index (χ0n) is 12.7. The molecule has 1 aliphatic heterocycles. The summed E-state index contributed by atoms with van der Waals surface area (Å²) in [6.07, 6.45) is 5.96. The van der Waals surface area contributed by atoms with Crippen LogP contribution in [0.3, 0.4) is 0 Å². The molecule has 110 valence electrons. The third kappa shape index (κ3) is 4.07. The Labute approximate surface area is 122 Å². The minimum absolute atomic E-state index is 0.197. The lowest BCUT2D eigenvalue weighted by Gasteiger charge is -2.06. The van der Waals surface area contributed by atoms with Crippen molar-refractivity contribution in [2.75, 3.05) is 18.4 Å². The van der Waals surface area contributed by atoms with E-state index in [1.807, 2.05) is 18.2 Å². The molecule has 0 saturated carbocycles. The first kappa shape index (κ1) is 15.0. The van der Waals surface area contributed by atoms with Gasteiger partial charge in [-0.2, -0.15) is 0 Å². The van der Waals surface area contributed by atoms with Crippen LogP contribution in [-0.2, 0) is 6.42 Å². The number of carbonyl (C=O) groups excluding carboxylic acids is 1. The van der Waals surface area contributed by atoms with Gasteiger partial charge < -0.3 is 10.6 Å². The Morgan fingerprint density at radius 1 is 1.35 bits per heavy atom. The van der Waals surface area contributed by atoms with Gasteiger partial charge in [0.2, 0.25) is 0 Å². The second kappa shape index (κ2) is 7.44. The molecule has 2 rings (SSSR count). The van der Waals surface area contributed by atoms with Gasteiger partial charge >= 0.3 is 0 Å². The largest absolute Gasteiger partial charge is 0.382 e. The van der Waals surface area contributed by atoms with Crippen molar-refractivity contribution in [3.63, 3.8) is 0 Å². The fourth-order valence-electron chi connectivity index (χ4n) is 2.70. The van der Waals surface area contributed by atoms with Crippen LogP contribution in [0.5, 0.6) is 0 Å². The number of anilines is 1. The van der Waals surface area contributed by atoms with Crippen molar-refractivity contribution in [2.24, 2.45) is 0 Å². The van der Waals surface area contributed by atoms with Crippen LogP contribution in [0.15, 0.2) is 18.2 Å². The van der Waals surface area contributed by atoms with Gasteiger partial charge in [-0.15, -0.1) is 0 Å². The Kier molecular flexibility index (Phi) is 5.60. The molecule has 1 aromatic rings. The monoisotopic (exact) mass is 274 g/mol. The maximum atomic E-state index is 12.1. The van der Waals surface area contributed by atoms with E-state index in [-0.39, 0.29) is 5.78 Å². The van der Waals surface area contributed by atoms with Crippen LogP contribution in [0.4, 0.5) is 5.69 Å². The average molecular weight is 274 g/mol. The number of Topliss-reactive ketones (excluding diaryl/α,β-unsaturated/α-hetero) is 1. The van der Waals surface area contributed by atoms with Crippen molar-refractivity contribution in [2.45, 2.75) is 52.0 Å². The molecule has 3 heteroatoms. The SMILES string of the molecule is CCCCCCNCC(=O)c1ccc2c(c1)CC(C)N2. The van der Waals surface area contributed by atoms with E-state index in [0.717, 1.165) is 24.9 Å². The standard InChI is InChI=1S/C17H26N2O/c1-3-4-5-6-9-18-12-17(20)14-7-8-16-15(11-14)10-13(2)19-16/h7-8,11,13,18-19H,3-6,9-10,12H2,1-2H3. The van der Waals surface area contributed by atoms with E-state index >= 15 is 0 Å². The lowest BCUT2D eigenvalue weighted by atomic mass is 10.0. The number of unbranched alkanes of at least 4 members (excludes halogenated alkanes) is 3. The minimum Gasteiger partial charge on any atom is -0.382 e. The van der Waals surface area contributed by atoms with Crippen molar-refractivity contribution in [3.05, 3.63) is 29.3 Å². The summed E-state index contributed by atoms with van der Waals surface area (Å²) in [5, 5.41) is 6.66. The fraction of sp³-hybridized carbons (Fsp3) is 0.588. The van der Waals surface area contributed by atoms with E-state index in [4.69, 9.17) is 0 Å². The van der Waals surface area contributed by atoms with Gasteiger partial charge in [0, 0.05) is 17.3 Å². The van der Waals surface area contributed by atoms with Crippen LogP contribution in [0.2, 0.25) is 0 Å². The molecule has 0 amide bonds. The number of hydrogen-bond acceptors (Lipinski definition) is 3. The van der Waals surface area contributed by atoms with E-state index in [2.05, 4.69) is 24.5 Å². The third-order valence-corrected chi connectivity index (χ3v) is 3.85. The van der Waals surface area contributed by atoms with Crippen LogP contribution in [0.1, 0.15) is 55.5 Å². The molecule has 0 spiro atoms. The number of rotatable bonds is 8. The summed E-state index contributed by atoms with van der Waals surface area (Å²) in [6, 6.07) is 6.50. The molecule has 0 aromatic heterocycles. The molecule has 1 atom stereocenters. The van der Waals surface area contributed by atoms with E-state index < -0.39 is 0 Å². The van der Waals surface area contributed by atoms with E-state index in [1.165, 1.54) is 30.5 Å². The molecular formula is C17H26N2O. The zero-order valence-corrected chi connectivity index (χ0v) is 12.7. The molecule has 1 heterocycles. The van der Waals surface area contributed by atoms with Crippen molar-refractivity contribution in [1.29, 1.82) is 0 Å². The summed E-state index contributed by atoms with van der Waals surface area (Å²) < 4.78 is 0. The van der Waals surface area contributed by atoms with Gasteiger partial charge in [-0.3, -0.25) is 4.79 Å². The lowest BCUT2D eigenvalue weighted by Crippen LogP contribution is -2.24. The van der Waals surface area contributed by atoms with E-state index in [0.29, 0.717) is 12.6 Å². The predicted octanol–water partition coefficient (Wildman–Crippen LogP) is 3.40. The molecule has 0 saturated heterocycles. The fourth-order valence-corrected chi connectivity index (χ4v) is 2.70. The smallest absolute Gasteiger partial charge is 0.176 e. The molecule has 0 aliphatic carbocycles. The Hall–Kier alpha value is -1.35. The van der Waals surface area contributed by atoms with Crippen molar-refractivity contribution >= 4 is 11.5 Å². The molecule has 0 fully saturated rings. The average Bonchev–Trinajstić information content (AvgIpc) is 2.81. The van der Waals surface area contributed by atoms with Crippen LogP contribution >= 0.6 is 0 Å². The van der Waals surface area contributed by atoms with Crippen molar-refractivity contribution in [1.82, 2.24) is 5.32 Å². The van der Waals surface area contributed by atoms with Gasteiger partial charge in [0.25, 0.3) is 0 Å². The maximum absolute atomic E-state index is 12.1. The first-order valence-corrected chi connectivity index (χ1v) is 7.84. The molecule has 3 nitrogen and oxygen atoms in total. The van der Waals surface area contributed by atoms with Gasteiger partial charge in [0.15, 0.2) is 5.78 Å². The van der Waals surface area contributed by atoms with Crippen LogP contribution < -0.4 is 10.6 Å². The maximum Gasteiger partial charge on any atom is 0.176 e. The van der Waals surface area contributed by atoms with Gasteiger partial charge in [-0.25, -0.2) is 0 Å². The zero-order chi connectivity index (χ0) is 14.4. The molecule has 1 aliphatic rings. The number of benzene rings is 1. The number of nitrogens with one attached hydrogen (secondary N) is 2. The topological polar surface area (TPSA) is 41.1 Å². The summed E-state index contributed by atoms with van der Waals surface area (Å²) in [7, 11) is 0. The second-order valence-corrected chi connectivity index (χ2v) is 5.78. The van der Waals surface area contributed by atoms with Crippen LogP contribution in [-0.4, -0.2) is 24.9 Å². The van der Waals surface area contributed by atoms with Gasteiger partial charge in [-0.1, -0.05) is 26.2 Å². The lowest BCUT2D eigenvalue weighted by molar-refractivity contribution is 0.0991. The summed E-state index contributed by atoms with van der Waals surface area (Å²) in [5.41, 5.74) is 3.29. The van der Waals surface area contributed by atoms with E-state index in [9.17, 15) is 4.79 Å². The normalized spacial score (nSPS) is 16.8. The Morgan fingerprint density at radius 3 is 3.00 bits per heavy atom. The molecular weight excluding hydrogens is 248 g/mol. The van der Waals surface area contributed by atoms with Crippen LogP contribution in [0.25, 0.3) is 0 Å². The summed E-state index contributed by atoms with van der Waals surface area (Å²) in [4.78, 5) is 12.1. The second-order valence-electron chi connectivity index (χ2n) is 5.78. The molecule has 20 heavy (non-hydrogen) atoms. The molecule has 0 radical (unpaired) electrons. The molecule has 2 N–H and O–H groups in total.